The molecule has 0 bridgehead atoms. The molecule has 0 amide bonds. The highest BCUT2D eigenvalue weighted by molar-refractivity contribution is 5.79. The van der Waals surface area contributed by atoms with E-state index in [2.05, 4.69) is 4.98 Å². The topological polar surface area (TPSA) is 42.4 Å². The Bertz CT molecular complexity index is 532. The lowest BCUT2D eigenvalue weighted by molar-refractivity contribution is -0.0678. The van der Waals surface area contributed by atoms with E-state index in [0.717, 1.165) is 16.5 Å². The summed E-state index contributed by atoms with van der Waals surface area (Å²) in [7, 11) is 0. The van der Waals surface area contributed by atoms with Crippen LogP contribution in [-0.2, 0) is 10.3 Å². The Morgan fingerprint density at radius 2 is 2.00 bits per heavy atom. The van der Waals surface area contributed by atoms with Crippen LogP contribution in [0, 0.1) is 0 Å². The zero-order valence-electron chi connectivity index (χ0n) is 9.60. The molecule has 1 fully saturated rings. The van der Waals surface area contributed by atoms with Crippen molar-refractivity contribution in [2.45, 2.75) is 18.4 Å². The van der Waals surface area contributed by atoms with Gasteiger partial charge in [0.1, 0.15) is 0 Å². The molecule has 1 saturated heterocycles. The van der Waals surface area contributed by atoms with E-state index in [1.54, 1.807) is 6.20 Å². The van der Waals surface area contributed by atoms with Gasteiger partial charge in [-0.2, -0.15) is 0 Å². The molecular weight excluding hydrogens is 214 g/mol. The molecule has 3 heteroatoms. The standard InChI is InChI=1S/C14H15NO2/c16-14(5-8-17-9-6-14)12-4-3-11-2-1-7-15-13(11)10-12/h1-4,7,10,16H,5-6,8-9H2. The fraction of sp³-hybridized carbons (Fsp3) is 0.357. The van der Waals surface area contributed by atoms with Crippen molar-refractivity contribution < 1.29 is 9.84 Å². The first-order valence-corrected chi connectivity index (χ1v) is 5.93. The second-order valence-electron chi connectivity index (χ2n) is 4.55. The number of hydrogen-bond donors (Lipinski definition) is 1. The van der Waals surface area contributed by atoms with Crippen LogP contribution in [-0.4, -0.2) is 23.3 Å². The van der Waals surface area contributed by atoms with Crippen LogP contribution in [0.25, 0.3) is 10.9 Å². The number of pyridine rings is 1. The molecule has 0 atom stereocenters. The number of rotatable bonds is 1. The third-order valence-corrected chi connectivity index (χ3v) is 3.46. The minimum absolute atomic E-state index is 0.622. The molecule has 0 radical (unpaired) electrons. The molecule has 2 aromatic rings. The van der Waals surface area contributed by atoms with Gasteiger partial charge in [0.05, 0.1) is 11.1 Å². The van der Waals surface area contributed by atoms with Crippen molar-refractivity contribution in [3.63, 3.8) is 0 Å². The summed E-state index contributed by atoms with van der Waals surface area (Å²) in [6.07, 6.45) is 3.09. The van der Waals surface area contributed by atoms with E-state index in [1.807, 2.05) is 30.3 Å². The van der Waals surface area contributed by atoms with E-state index in [0.29, 0.717) is 26.1 Å². The molecule has 0 aliphatic carbocycles. The summed E-state index contributed by atoms with van der Waals surface area (Å²) >= 11 is 0. The first-order valence-electron chi connectivity index (χ1n) is 5.93. The summed E-state index contributed by atoms with van der Waals surface area (Å²) in [4.78, 5) is 4.33. The largest absolute Gasteiger partial charge is 0.385 e. The number of fused-ring (bicyclic) bond motifs is 1. The Kier molecular flexibility index (Phi) is 2.57. The summed E-state index contributed by atoms with van der Waals surface area (Å²) in [6, 6.07) is 9.95. The predicted octanol–water partition coefficient (Wildman–Crippen LogP) is 2.23. The van der Waals surface area contributed by atoms with Gasteiger partial charge in [-0.25, -0.2) is 0 Å². The third kappa shape index (κ3) is 1.92. The Morgan fingerprint density at radius 3 is 2.82 bits per heavy atom. The minimum Gasteiger partial charge on any atom is -0.385 e. The van der Waals surface area contributed by atoms with Gasteiger partial charge in [-0.05, 0) is 17.7 Å². The first kappa shape index (κ1) is 10.7. The van der Waals surface area contributed by atoms with Crippen molar-refractivity contribution in [3.8, 4) is 0 Å². The molecule has 1 N–H and O–H groups in total. The second kappa shape index (κ2) is 4.09. The maximum Gasteiger partial charge on any atom is 0.0941 e. The summed E-state index contributed by atoms with van der Waals surface area (Å²) < 4.78 is 5.30. The van der Waals surface area contributed by atoms with E-state index in [9.17, 15) is 5.11 Å². The zero-order chi connectivity index (χ0) is 11.7. The average Bonchev–Trinajstić information content (AvgIpc) is 2.39. The molecule has 3 rings (SSSR count). The van der Waals surface area contributed by atoms with Crippen LogP contribution in [0.4, 0.5) is 0 Å². The van der Waals surface area contributed by atoms with Crippen LogP contribution in [0.3, 0.4) is 0 Å². The fourth-order valence-corrected chi connectivity index (χ4v) is 2.35. The van der Waals surface area contributed by atoms with Crippen LogP contribution in [0.2, 0.25) is 0 Å². The molecule has 0 unspecified atom stereocenters. The number of hydrogen-bond acceptors (Lipinski definition) is 3. The van der Waals surface area contributed by atoms with Crippen LogP contribution in [0.5, 0.6) is 0 Å². The molecule has 1 aromatic heterocycles. The lowest BCUT2D eigenvalue weighted by Gasteiger charge is -2.32. The van der Waals surface area contributed by atoms with Gasteiger partial charge in [-0.1, -0.05) is 18.2 Å². The maximum atomic E-state index is 10.6. The van der Waals surface area contributed by atoms with Crippen molar-refractivity contribution in [1.82, 2.24) is 4.98 Å². The fourth-order valence-electron chi connectivity index (χ4n) is 2.35. The van der Waals surface area contributed by atoms with Gasteiger partial charge in [-0.3, -0.25) is 4.98 Å². The summed E-state index contributed by atoms with van der Waals surface area (Å²) in [5.41, 5.74) is 1.14. The number of nitrogens with zero attached hydrogens (tertiary/aromatic N) is 1. The van der Waals surface area contributed by atoms with Crippen molar-refractivity contribution in [2.24, 2.45) is 0 Å². The van der Waals surface area contributed by atoms with Gasteiger partial charge in [0, 0.05) is 37.6 Å². The molecule has 1 aliphatic rings. The van der Waals surface area contributed by atoms with E-state index >= 15 is 0 Å². The molecule has 1 aromatic carbocycles. The molecule has 3 nitrogen and oxygen atoms in total. The van der Waals surface area contributed by atoms with Crippen molar-refractivity contribution in [1.29, 1.82) is 0 Å². The highest BCUT2D eigenvalue weighted by Gasteiger charge is 2.31. The van der Waals surface area contributed by atoms with Gasteiger partial charge in [-0.15, -0.1) is 0 Å². The second-order valence-corrected chi connectivity index (χ2v) is 4.55. The van der Waals surface area contributed by atoms with E-state index in [1.165, 1.54) is 0 Å². The highest BCUT2D eigenvalue weighted by Crippen LogP contribution is 2.33. The Balaban J connectivity index is 2.05. The summed E-state index contributed by atoms with van der Waals surface area (Å²) in [6.45, 7) is 1.24. The molecule has 0 saturated carbocycles. The Hall–Kier alpha value is -1.45. The molecule has 17 heavy (non-hydrogen) atoms. The van der Waals surface area contributed by atoms with E-state index in [4.69, 9.17) is 4.74 Å². The SMILES string of the molecule is OC1(c2ccc3cccnc3c2)CCOCC1. The zero-order valence-corrected chi connectivity index (χ0v) is 9.60. The summed E-state index contributed by atoms with van der Waals surface area (Å²) in [5, 5.41) is 11.7. The van der Waals surface area contributed by atoms with E-state index in [-0.39, 0.29) is 0 Å². The van der Waals surface area contributed by atoms with Crippen LogP contribution in [0.15, 0.2) is 36.5 Å². The number of benzene rings is 1. The molecule has 1 aliphatic heterocycles. The quantitative estimate of drug-likeness (QED) is 0.815. The van der Waals surface area contributed by atoms with E-state index < -0.39 is 5.60 Å². The molecule has 0 spiro atoms. The van der Waals surface area contributed by atoms with Crippen molar-refractivity contribution >= 4 is 10.9 Å². The number of aromatic nitrogens is 1. The minimum atomic E-state index is -0.746. The molecule has 2 heterocycles. The summed E-state index contributed by atoms with van der Waals surface area (Å²) in [5.74, 6) is 0. The van der Waals surface area contributed by atoms with Gasteiger partial charge in [0.15, 0.2) is 0 Å². The van der Waals surface area contributed by atoms with Crippen molar-refractivity contribution in [2.75, 3.05) is 13.2 Å². The van der Waals surface area contributed by atoms with Gasteiger partial charge >= 0.3 is 0 Å². The predicted molar refractivity (Wildman–Crippen MR) is 65.7 cm³/mol. The normalized spacial score (nSPS) is 19.4. The third-order valence-electron chi connectivity index (χ3n) is 3.46. The van der Waals surface area contributed by atoms with Crippen molar-refractivity contribution in [3.05, 3.63) is 42.1 Å². The smallest absolute Gasteiger partial charge is 0.0941 e. The molecule has 88 valence electrons. The molecular formula is C14H15NO2. The van der Waals surface area contributed by atoms with Gasteiger partial charge in [0.2, 0.25) is 0 Å². The lowest BCUT2D eigenvalue weighted by atomic mass is 9.86. The first-order chi connectivity index (χ1) is 8.28. The number of aliphatic hydroxyl groups is 1. The Morgan fingerprint density at radius 1 is 1.18 bits per heavy atom. The van der Waals surface area contributed by atoms with Crippen LogP contribution < -0.4 is 0 Å². The monoisotopic (exact) mass is 229 g/mol. The average molecular weight is 229 g/mol. The van der Waals surface area contributed by atoms with Crippen LogP contribution in [0.1, 0.15) is 18.4 Å². The van der Waals surface area contributed by atoms with Gasteiger partial charge < -0.3 is 9.84 Å². The lowest BCUT2D eigenvalue weighted by Crippen LogP contribution is -2.33. The van der Waals surface area contributed by atoms with Gasteiger partial charge in [0.25, 0.3) is 0 Å². The maximum absolute atomic E-state index is 10.6. The highest BCUT2D eigenvalue weighted by atomic mass is 16.5. The number of ether oxygens (including phenoxy) is 1. The van der Waals surface area contributed by atoms with Crippen LogP contribution >= 0.6 is 0 Å². The Labute approximate surface area is 100 Å².